The minimum Gasteiger partial charge on any atom is -0.396 e. The Labute approximate surface area is 111 Å². The maximum Gasteiger partial charge on any atom is 0.433 e. The van der Waals surface area contributed by atoms with Gasteiger partial charge in [-0.15, -0.1) is 11.3 Å². The molecule has 0 aliphatic rings. The van der Waals surface area contributed by atoms with E-state index in [0.29, 0.717) is 13.0 Å². The van der Waals surface area contributed by atoms with Crippen LogP contribution in [0.1, 0.15) is 10.7 Å². The van der Waals surface area contributed by atoms with Crippen molar-refractivity contribution in [1.29, 1.82) is 0 Å². The minimum atomic E-state index is -4.47. The first kappa shape index (κ1) is 13.6. The number of rotatable bonds is 4. The van der Waals surface area contributed by atoms with Crippen LogP contribution < -0.4 is 11.1 Å². The molecule has 0 amide bonds. The lowest BCUT2D eigenvalue weighted by atomic mass is 10.2. The fourth-order valence-electron chi connectivity index (χ4n) is 1.45. The number of pyridine rings is 1. The van der Waals surface area contributed by atoms with E-state index in [2.05, 4.69) is 15.3 Å². The molecule has 102 valence electrons. The summed E-state index contributed by atoms with van der Waals surface area (Å²) in [6.07, 6.45) is -1.16. The third-order valence-corrected chi connectivity index (χ3v) is 3.20. The molecule has 19 heavy (non-hydrogen) atoms. The molecule has 0 saturated heterocycles. The lowest BCUT2D eigenvalue weighted by Crippen LogP contribution is -2.12. The predicted octanol–water partition coefficient (Wildman–Crippen LogP) is 2.79. The number of hydrogen-bond acceptors (Lipinski definition) is 5. The second kappa shape index (κ2) is 5.43. The summed E-state index contributed by atoms with van der Waals surface area (Å²) in [5, 5.41) is 5.62. The molecule has 3 N–H and O–H groups in total. The van der Waals surface area contributed by atoms with Crippen molar-refractivity contribution in [3.05, 3.63) is 34.5 Å². The van der Waals surface area contributed by atoms with Crippen LogP contribution in [0.5, 0.6) is 0 Å². The maximum absolute atomic E-state index is 12.5. The van der Waals surface area contributed by atoms with Gasteiger partial charge in [-0.05, 0) is 6.07 Å². The highest BCUT2D eigenvalue weighted by Gasteiger charge is 2.32. The van der Waals surface area contributed by atoms with Crippen molar-refractivity contribution < 1.29 is 13.2 Å². The Morgan fingerprint density at radius 3 is 2.74 bits per heavy atom. The second-order valence-electron chi connectivity index (χ2n) is 3.76. The lowest BCUT2D eigenvalue weighted by Gasteiger charge is -2.11. The zero-order valence-electron chi connectivity index (χ0n) is 9.74. The third-order valence-electron chi connectivity index (χ3n) is 2.36. The first-order chi connectivity index (χ1) is 8.97. The molecular formula is C11H11F3N4S. The Hall–Kier alpha value is -1.83. The van der Waals surface area contributed by atoms with Crippen molar-refractivity contribution in [2.24, 2.45) is 0 Å². The van der Waals surface area contributed by atoms with Crippen LogP contribution >= 0.6 is 11.3 Å². The van der Waals surface area contributed by atoms with Crippen LogP contribution in [0.2, 0.25) is 0 Å². The first-order valence-electron chi connectivity index (χ1n) is 5.42. The number of nitrogen functional groups attached to an aromatic ring is 1. The molecule has 0 aliphatic heterocycles. The number of nitrogens with one attached hydrogen (secondary N) is 1. The van der Waals surface area contributed by atoms with Gasteiger partial charge in [-0.3, -0.25) is 0 Å². The number of thiazole rings is 1. The predicted molar refractivity (Wildman–Crippen MR) is 68.0 cm³/mol. The molecule has 0 aliphatic carbocycles. The largest absolute Gasteiger partial charge is 0.433 e. The van der Waals surface area contributed by atoms with Crippen molar-refractivity contribution >= 4 is 22.7 Å². The molecule has 0 aromatic carbocycles. The zero-order valence-corrected chi connectivity index (χ0v) is 10.6. The standard InChI is InChI=1S/C11H11F3N4S/c12-11(13,14)9-5-8(7(15)6-18-9)16-2-1-10-17-3-4-19-10/h3-6H,1-2,15H2,(H,16,18). The van der Waals surface area contributed by atoms with E-state index >= 15 is 0 Å². The highest BCUT2D eigenvalue weighted by molar-refractivity contribution is 7.09. The average molecular weight is 288 g/mol. The van der Waals surface area contributed by atoms with Crippen LogP contribution in [-0.2, 0) is 12.6 Å². The molecular weight excluding hydrogens is 277 g/mol. The highest BCUT2D eigenvalue weighted by atomic mass is 32.1. The average Bonchev–Trinajstić information content (AvgIpc) is 2.83. The van der Waals surface area contributed by atoms with Crippen LogP contribution in [0.15, 0.2) is 23.8 Å². The molecule has 0 atom stereocenters. The lowest BCUT2D eigenvalue weighted by molar-refractivity contribution is -0.141. The summed E-state index contributed by atoms with van der Waals surface area (Å²) in [5.74, 6) is 0. The normalized spacial score (nSPS) is 11.5. The van der Waals surface area contributed by atoms with Gasteiger partial charge in [0, 0.05) is 24.5 Å². The molecule has 8 heteroatoms. The van der Waals surface area contributed by atoms with Crippen LogP contribution in [0.25, 0.3) is 0 Å². The van der Waals surface area contributed by atoms with Crippen LogP contribution in [0.4, 0.5) is 24.5 Å². The van der Waals surface area contributed by atoms with E-state index < -0.39 is 11.9 Å². The first-order valence-corrected chi connectivity index (χ1v) is 6.30. The molecule has 0 saturated carbocycles. The van der Waals surface area contributed by atoms with Crippen molar-refractivity contribution in [2.45, 2.75) is 12.6 Å². The Bertz CT molecular complexity index is 539. The Morgan fingerprint density at radius 1 is 1.32 bits per heavy atom. The molecule has 2 rings (SSSR count). The van der Waals surface area contributed by atoms with E-state index in [9.17, 15) is 13.2 Å². The highest BCUT2D eigenvalue weighted by Crippen LogP contribution is 2.30. The van der Waals surface area contributed by atoms with Gasteiger partial charge >= 0.3 is 6.18 Å². The van der Waals surface area contributed by atoms with Gasteiger partial charge in [0.05, 0.1) is 22.6 Å². The van der Waals surface area contributed by atoms with E-state index in [1.165, 1.54) is 11.3 Å². The van der Waals surface area contributed by atoms with Crippen LogP contribution in [0, 0.1) is 0 Å². The number of alkyl halides is 3. The smallest absolute Gasteiger partial charge is 0.396 e. The van der Waals surface area contributed by atoms with Crippen LogP contribution in [0.3, 0.4) is 0 Å². The van der Waals surface area contributed by atoms with E-state index in [0.717, 1.165) is 17.3 Å². The molecule has 0 bridgehead atoms. The third kappa shape index (κ3) is 3.57. The monoisotopic (exact) mass is 288 g/mol. The Kier molecular flexibility index (Phi) is 3.89. The second-order valence-corrected chi connectivity index (χ2v) is 4.74. The number of hydrogen-bond donors (Lipinski definition) is 2. The summed E-state index contributed by atoms with van der Waals surface area (Å²) in [6, 6.07) is 0.914. The van der Waals surface area contributed by atoms with Gasteiger partial charge < -0.3 is 11.1 Å². The van der Waals surface area contributed by atoms with Gasteiger partial charge in [0.2, 0.25) is 0 Å². The molecule has 0 unspecified atom stereocenters. The van der Waals surface area contributed by atoms with Crippen molar-refractivity contribution in [3.8, 4) is 0 Å². The van der Waals surface area contributed by atoms with Gasteiger partial charge in [-0.1, -0.05) is 0 Å². The number of nitrogens with two attached hydrogens (primary N) is 1. The summed E-state index contributed by atoms with van der Waals surface area (Å²) >= 11 is 1.49. The van der Waals surface area contributed by atoms with E-state index in [1.54, 1.807) is 6.20 Å². The summed E-state index contributed by atoms with van der Waals surface area (Å²) in [6.45, 7) is 0.457. The fourth-order valence-corrected chi connectivity index (χ4v) is 2.08. The minimum absolute atomic E-state index is 0.187. The molecule has 0 radical (unpaired) electrons. The van der Waals surface area contributed by atoms with Gasteiger partial charge in [0.1, 0.15) is 5.69 Å². The van der Waals surface area contributed by atoms with E-state index in [-0.39, 0.29) is 11.4 Å². The molecule has 0 fully saturated rings. The molecule has 0 spiro atoms. The summed E-state index contributed by atoms with van der Waals surface area (Å²) < 4.78 is 37.5. The van der Waals surface area contributed by atoms with E-state index in [4.69, 9.17) is 5.73 Å². The zero-order chi connectivity index (χ0) is 13.9. The molecule has 4 nitrogen and oxygen atoms in total. The molecule has 2 heterocycles. The summed E-state index contributed by atoms with van der Waals surface area (Å²) in [7, 11) is 0. The number of halogens is 3. The SMILES string of the molecule is Nc1cnc(C(F)(F)F)cc1NCCc1nccs1. The Balaban J connectivity index is 2.03. The fraction of sp³-hybridized carbons (Fsp3) is 0.273. The van der Waals surface area contributed by atoms with Gasteiger partial charge in [-0.2, -0.15) is 13.2 Å². The van der Waals surface area contributed by atoms with Gasteiger partial charge in [0.25, 0.3) is 0 Å². The number of aromatic nitrogens is 2. The van der Waals surface area contributed by atoms with Gasteiger partial charge in [-0.25, -0.2) is 9.97 Å². The number of nitrogens with zero attached hydrogens (tertiary/aromatic N) is 2. The number of anilines is 2. The van der Waals surface area contributed by atoms with E-state index in [1.807, 2.05) is 5.38 Å². The topological polar surface area (TPSA) is 63.8 Å². The van der Waals surface area contributed by atoms with Crippen molar-refractivity contribution in [1.82, 2.24) is 9.97 Å². The molecule has 2 aromatic heterocycles. The Morgan fingerprint density at radius 2 is 2.11 bits per heavy atom. The van der Waals surface area contributed by atoms with Gasteiger partial charge in [0.15, 0.2) is 0 Å². The van der Waals surface area contributed by atoms with Crippen molar-refractivity contribution in [2.75, 3.05) is 17.6 Å². The molecule has 2 aromatic rings. The maximum atomic E-state index is 12.5. The van der Waals surface area contributed by atoms with Crippen molar-refractivity contribution in [3.63, 3.8) is 0 Å². The summed E-state index contributed by atoms with van der Waals surface area (Å²) in [4.78, 5) is 7.35. The quantitative estimate of drug-likeness (QED) is 0.908. The van der Waals surface area contributed by atoms with Crippen LogP contribution in [-0.4, -0.2) is 16.5 Å². The summed E-state index contributed by atoms with van der Waals surface area (Å²) in [5.41, 5.74) is 5.05.